The summed E-state index contributed by atoms with van der Waals surface area (Å²) < 4.78 is 0. The summed E-state index contributed by atoms with van der Waals surface area (Å²) in [6, 6.07) is 6.33. The SMILES string of the molecule is O=C(ON1C(=O)c2ccccc2C1=O)C1CC=CCC1C(=O)N1CCCC1. The van der Waals surface area contributed by atoms with Gasteiger partial charge >= 0.3 is 5.97 Å². The van der Waals surface area contributed by atoms with E-state index in [-0.39, 0.29) is 17.0 Å². The second-order valence-electron chi connectivity index (χ2n) is 7.05. The number of hydroxylamine groups is 2. The number of rotatable bonds is 3. The third-order valence-electron chi connectivity index (χ3n) is 5.41. The van der Waals surface area contributed by atoms with Gasteiger partial charge in [-0.15, -0.1) is 0 Å². The quantitative estimate of drug-likeness (QED) is 0.601. The fourth-order valence-electron chi connectivity index (χ4n) is 3.93. The van der Waals surface area contributed by atoms with E-state index in [4.69, 9.17) is 4.84 Å². The van der Waals surface area contributed by atoms with Crippen LogP contribution in [0.4, 0.5) is 0 Å². The molecule has 7 heteroatoms. The Balaban J connectivity index is 1.50. The van der Waals surface area contributed by atoms with Gasteiger partial charge in [-0.2, -0.15) is 0 Å². The highest BCUT2D eigenvalue weighted by atomic mass is 16.7. The molecule has 7 nitrogen and oxygen atoms in total. The lowest BCUT2D eigenvalue weighted by Crippen LogP contribution is -2.43. The van der Waals surface area contributed by atoms with Crippen molar-refractivity contribution >= 4 is 23.7 Å². The van der Waals surface area contributed by atoms with E-state index in [0.717, 1.165) is 12.8 Å². The maximum absolute atomic E-state index is 12.8. The third kappa shape index (κ3) is 3.03. The monoisotopic (exact) mass is 368 g/mol. The molecule has 2 atom stereocenters. The Morgan fingerprint density at radius 3 is 2.04 bits per heavy atom. The molecule has 0 bridgehead atoms. The highest BCUT2D eigenvalue weighted by molar-refractivity contribution is 6.20. The molecule has 140 valence electrons. The Kier molecular flexibility index (Phi) is 4.51. The zero-order valence-corrected chi connectivity index (χ0v) is 14.8. The number of carbonyl (C=O) groups is 4. The van der Waals surface area contributed by atoms with E-state index >= 15 is 0 Å². The lowest BCUT2D eigenvalue weighted by atomic mass is 9.82. The number of amides is 3. The van der Waals surface area contributed by atoms with Crippen LogP contribution in [-0.2, 0) is 14.4 Å². The predicted octanol–water partition coefficient (Wildman–Crippen LogP) is 1.95. The lowest BCUT2D eigenvalue weighted by molar-refractivity contribution is -0.177. The molecule has 1 aliphatic carbocycles. The van der Waals surface area contributed by atoms with Crippen molar-refractivity contribution in [2.24, 2.45) is 11.8 Å². The van der Waals surface area contributed by atoms with Crippen molar-refractivity contribution in [1.29, 1.82) is 0 Å². The molecule has 4 rings (SSSR count). The highest BCUT2D eigenvalue weighted by Gasteiger charge is 2.43. The Labute approximate surface area is 156 Å². The molecule has 3 aliphatic rings. The summed E-state index contributed by atoms with van der Waals surface area (Å²) in [7, 11) is 0. The van der Waals surface area contributed by atoms with Gasteiger partial charge in [-0.25, -0.2) is 4.79 Å². The molecule has 1 fully saturated rings. The van der Waals surface area contributed by atoms with Crippen LogP contribution in [0.3, 0.4) is 0 Å². The Morgan fingerprint density at radius 2 is 1.44 bits per heavy atom. The van der Waals surface area contributed by atoms with Gasteiger partial charge in [-0.05, 0) is 37.8 Å². The minimum Gasteiger partial charge on any atom is -0.342 e. The molecular formula is C20H20N2O5. The van der Waals surface area contributed by atoms with Crippen molar-refractivity contribution in [2.45, 2.75) is 25.7 Å². The summed E-state index contributed by atoms with van der Waals surface area (Å²) in [6.45, 7) is 1.42. The summed E-state index contributed by atoms with van der Waals surface area (Å²) in [5.41, 5.74) is 0.423. The molecule has 0 spiro atoms. The Hall–Kier alpha value is -2.96. The number of imide groups is 1. The van der Waals surface area contributed by atoms with Crippen LogP contribution in [0.15, 0.2) is 36.4 Å². The van der Waals surface area contributed by atoms with Gasteiger partial charge in [0.1, 0.15) is 0 Å². The highest BCUT2D eigenvalue weighted by Crippen LogP contribution is 2.31. The van der Waals surface area contributed by atoms with Crippen molar-refractivity contribution in [3.8, 4) is 0 Å². The molecule has 2 heterocycles. The van der Waals surface area contributed by atoms with Gasteiger partial charge < -0.3 is 9.74 Å². The van der Waals surface area contributed by atoms with Gasteiger partial charge in [0, 0.05) is 13.1 Å². The number of fused-ring (bicyclic) bond motifs is 1. The largest absolute Gasteiger partial charge is 0.342 e. The topological polar surface area (TPSA) is 84.0 Å². The summed E-state index contributed by atoms with van der Waals surface area (Å²) in [5.74, 6) is -3.30. The normalized spacial score (nSPS) is 24.3. The molecule has 1 aromatic rings. The maximum atomic E-state index is 12.8. The van der Waals surface area contributed by atoms with E-state index in [1.807, 2.05) is 12.2 Å². The number of allylic oxidation sites excluding steroid dienone is 2. The Bertz CT molecular complexity index is 806. The molecular weight excluding hydrogens is 348 g/mol. The second kappa shape index (κ2) is 6.98. The van der Waals surface area contributed by atoms with Crippen LogP contribution in [0.1, 0.15) is 46.4 Å². The molecule has 1 aromatic carbocycles. The number of benzene rings is 1. The molecule has 27 heavy (non-hydrogen) atoms. The van der Waals surface area contributed by atoms with Crippen LogP contribution in [0.25, 0.3) is 0 Å². The smallest absolute Gasteiger partial charge is 0.337 e. The molecule has 3 amide bonds. The number of likely N-dealkylation sites (tertiary alicyclic amines) is 1. The minimum absolute atomic E-state index is 0.0545. The first kappa shape index (κ1) is 17.5. The van der Waals surface area contributed by atoms with Crippen molar-refractivity contribution in [3.05, 3.63) is 47.5 Å². The van der Waals surface area contributed by atoms with Crippen molar-refractivity contribution < 1.29 is 24.0 Å². The molecule has 0 radical (unpaired) electrons. The summed E-state index contributed by atoms with van der Waals surface area (Å²) >= 11 is 0. The predicted molar refractivity (Wildman–Crippen MR) is 94.2 cm³/mol. The average Bonchev–Trinajstić information content (AvgIpc) is 3.32. The third-order valence-corrected chi connectivity index (χ3v) is 5.41. The summed E-state index contributed by atoms with van der Waals surface area (Å²) in [4.78, 5) is 57.3. The number of carbonyl (C=O) groups excluding carboxylic acids is 4. The van der Waals surface area contributed by atoms with Crippen LogP contribution in [0.2, 0.25) is 0 Å². The van der Waals surface area contributed by atoms with Gasteiger partial charge in [-0.1, -0.05) is 29.3 Å². The van der Waals surface area contributed by atoms with E-state index in [2.05, 4.69) is 0 Å². The molecule has 0 N–H and O–H groups in total. The fourth-order valence-corrected chi connectivity index (χ4v) is 3.93. The maximum Gasteiger partial charge on any atom is 0.337 e. The van der Waals surface area contributed by atoms with E-state index in [1.54, 1.807) is 17.0 Å². The van der Waals surface area contributed by atoms with E-state index in [9.17, 15) is 19.2 Å². The Morgan fingerprint density at radius 1 is 0.889 bits per heavy atom. The first-order valence-electron chi connectivity index (χ1n) is 9.21. The first-order valence-corrected chi connectivity index (χ1v) is 9.21. The molecule has 2 aliphatic heterocycles. The molecule has 0 saturated carbocycles. The lowest BCUT2D eigenvalue weighted by Gasteiger charge is -2.30. The van der Waals surface area contributed by atoms with Crippen LogP contribution in [0, 0.1) is 11.8 Å². The van der Waals surface area contributed by atoms with E-state index < -0.39 is 29.6 Å². The van der Waals surface area contributed by atoms with Gasteiger partial charge in [-0.3, -0.25) is 14.4 Å². The van der Waals surface area contributed by atoms with Crippen LogP contribution < -0.4 is 0 Å². The van der Waals surface area contributed by atoms with Crippen LogP contribution in [0.5, 0.6) is 0 Å². The van der Waals surface area contributed by atoms with Gasteiger partial charge in [0.15, 0.2) is 0 Å². The molecule has 0 aromatic heterocycles. The zero-order chi connectivity index (χ0) is 19.0. The van der Waals surface area contributed by atoms with Crippen molar-refractivity contribution in [2.75, 3.05) is 13.1 Å². The van der Waals surface area contributed by atoms with Gasteiger partial charge in [0.25, 0.3) is 11.8 Å². The van der Waals surface area contributed by atoms with Crippen molar-refractivity contribution in [1.82, 2.24) is 9.96 Å². The number of hydrogen-bond donors (Lipinski definition) is 0. The molecule has 1 saturated heterocycles. The van der Waals surface area contributed by atoms with Gasteiger partial charge in [0.2, 0.25) is 5.91 Å². The minimum atomic E-state index is -0.716. The summed E-state index contributed by atoms with van der Waals surface area (Å²) in [5, 5.41) is 0.517. The zero-order valence-electron chi connectivity index (χ0n) is 14.8. The van der Waals surface area contributed by atoms with Crippen molar-refractivity contribution in [3.63, 3.8) is 0 Å². The summed E-state index contributed by atoms with van der Waals surface area (Å²) in [6.07, 6.45) is 6.48. The first-order chi connectivity index (χ1) is 13.1. The van der Waals surface area contributed by atoms with E-state index in [0.29, 0.717) is 31.0 Å². The van der Waals surface area contributed by atoms with Crippen LogP contribution in [-0.4, -0.2) is 46.7 Å². The second-order valence-corrected chi connectivity index (χ2v) is 7.05. The van der Waals surface area contributed by atoms with Crippen LogP contribution >= 0.6 is 0 Å². The fraction of sp³-hybridized carbons (Fsp3) is 0.400. The average molecular weight is 368 g/mol. The number of hydrogen-bond acceptors (Lipinski definition) is 5. The standard InChI is InChI=1S/C20H20N2O5/c23-17(21-11-5-6-12-21)15-9-3-4-10-16(15)20(26)27-22-18(24)13-7-1-2-8-14(13)19(22)25/h1-4,7-8,15-16H,5-6,9-12H2. The molecule has 2 unspecified atom stereocenters. The van der Waals surface area contributed by atoms with Gasteiger partial charge in [0.05, 0.1) is 23.0 Å². The number of nitrogens with zero attached hydrogens (tertiary/aromatic N) is 2. The van der Waals surface area contributed by atoms with E-state index in [1.165, 1.54) is 12.1 Å².